The van der Waals surface area contributed by atoms with Crippen molar-refractivity contribution >= 4 is 12.0 Å². The highest BCUT2D eigenvalue weighted by atomic mass is 16.6. The van der Waals surface area contributed by atoms with Crippen LogP contribution in [0.3, 0.4) is 0 Å². The standard InChI is InChI=1S/C13H16N2O3/c16-10-9-14-8-2-1-3-13(14)11-4-6-12(7-5-11)15(17)18/h4-7,10,13H,1-3,8-9H2. The summed E-state index contributed by atoms with van der Waals surface area (Å²) in [5, 5.41) is 10.6. The van der Waals surface area contributed by atoms with E-state index in [1.54, 1.807) is 12.1 Å². The van der Waals surface area contributed by atoms with E-state index in [0.29, 0.717) is 6.54 Å². The number of likely N-dealkylation sites (tertiary alicyclic amines) is 1. The average molecular weight is 248 g/mol. The fourth-order valence-electron chi connectivity index (χ4n) is 2.50. The first-order chi connectivity index (χ1) is 8.72. The van der Waals surface area contributed by atoms with Gasteiger partial charge in [-0.25, -0.2) is 0 Å². The van der Waals surface area contributed by atoms with E-state index in [4.69, 9.17) is 0 Å². The first-order valence-corrected chi connectivity index (χ1v) is 6.14. The van der Waals surface area contributed by atoms with Gasteiger partial charge in [0.25, 0.3) is 5.69 Å². The first-order valence-electron chi connectivity index (χ1n) is 6.14. The van der Waals surface area contributed by atoms with E-state index in [1.165, 1.54) is 12.1 Å². The first kappa shape index (κ1) is 12.7. The number of non-ortho nitro benzene ring substituents is 1. The molecule has 0 bridgehead atoms. The second kappa shape index (κ2) is 5.73. The van der Waals surface area contributed by atoms with Gasteiger partial charge in [-0.3, -0.25) is 15.0 Å². The maximum Gasteiger partial charge on any atom is 0.269 e. The number of piperidine rings is 1. The van der Waals surface area contributed by atoms with E-state index in [0.717, 1.165) is 37.7 Å². The minimum absolute atomic E-state index is 0.108. The van der Waals surface area contributed by atoms with Gasteiger partial charge in [0.2, 0.25) is 0 Å². The monoisotopic (exact) mass is 248 g/mol. The molecule has 1 aliphatic heterocycles. The average Bonchev–Trinajstić information content (AvgIpc) is 2.40. The molecule has 96 valence electrons. The Morgan fingerprint density at radius 3 is 2.67 bits per heavy atom. The van der Waals surface area contributed by atoms with E-state index >= 15 is 0 Å². The molecular weight excluding hydrogens is 232 g/mol. The summed E-state index contributed by atoms with van der Waals surface area (Å²) >= 11 is 0. The molecule has 0 saturated carbocycles. The molecule has 1 atom stereocenters. The quantitative estimate of drug-likeness (QED) is 0.466. The van der Waals surface area contributed by atoms with E-state index in [-0.39, 0.29) is 11.7 Å². The van der Waals surface area contributed by atoms with Gasteiger partial charge in [0.15, 0.2) is 0 Å². The molecule has 1 unspecified atom stereocenters. The van der Waals surface area contributed by atoms with Crippen molar-refractivity contribution in [1.29, 1.82) is 0 Å². The highest BCUT2D eigenvalue weighted by Crippen LogP contribution is 2.31. The maximum atomic E-state index is 10.7. The summed E-state index contributed by atoms with van der Waals surface area (Å²) in [6.07, 6.45) is 4.17. The summed E-state index contributed by atoms with van der Waals surface area (Å²) < 4.78 is 0. The summed E-state index contributed by atoms with van der Waals surface area (Å²) in [5.41, 5.74) is 1.17. The van der Waals surface area contributed by atoms with E-state index in [1.807, 2.05) is 0 Å². The van der Waals surface area contributed by atoms with Crippen molar-refractivity contribution in [3.05, 3.63) is 39.9 Å². The SMILES string of the molecule is O=CCN1CCCCC1c1ccc([N+](=O)[O-])cc1. The van der Waals surface area contributed by atoms with Gasteiger partial charge >= 0.3 is 0 Å². The Morgan fingerprint density at radius 1 is 1.33 bits per heavy atom. The number of hydrogen-bond donors (Lipinski definition) is 0. The zero-order valence-corrected chi connectivity index (χ0v) is 10.1. The molecule has 5 heteroatoms. The number of nitrogens with zero attached hydrogens (tertiary/aromatic N) is 2. The second-order valence-electron chi connectivity index (χ2n) is 4.52. The number of nitro groups is 1. The van der Waals surface area contributed by atoms with Crippen LogP contribution >= 0.6 is 0 Å². The zero-order valence-electron chi connectivity index (χ0n) is 10.1. The molecule has 18 heavy (non-hydrogen) atoms. The Kier molecular flexibility index (Phi) is 4.04. The lowest BCUT2D eigenvalue weighted by atomic mass is 9.95. The van der Waals surface area contributed by atoms with Crippen LogP contribution < -0.4 is 0 Å². The van der Waals surface area contributed by atoms with Crippen molar-refractivity contribution in [2.45, 2.75) is 25.3 Å². The van der Waals surface area contributed by atoms with Crippen LogP contribution in [0.5, 0.6) is 0 Å². The molecule has 0 radical (unpaired) electrons. The molecular formula is C13H16N2O3. The van der Waals surface area contributed by atoms with Crippen molar-refractivity contribution in [3.63, 3.8) is 0 Å². The number of rotatable bonds is 4. The lowest BCUT2D eigenvalue weighted by Gasteiger charge is -2.34. The van der Waals surface area contributed by atoms with Gasteiger partial charge in [0.1, 0.15) is 6.29 Å². The Hall–Kier alpha value is -1.75. The molecule has 1 heterocycles. The van der Waals surface area contributed by atoms with Crippen LogP contribution in [0.4, 0.5) is 5.69 Å². The summed E-state index contributed by atoms with van der Waals surface area (Å²) in [6.45, 7) is 1.35. The number of nitro benzene ring substituents is 1. The molecule has 0 spiro atoms. The van der Waals surface area contributed by atoms with Crippen LogP contribution in [0.15, 0.2) is 24.3 Å². The van der Waals surface area contributed by atoms with Crippen LogP contribution in [-0.4, -0.2) is 29.2 Å². The molecule has 0 amide bonds. The second-order valence-corrected chi connectivity index (χ2v) is 4.52. The normalized spacial score (nSPS) is 20.6. The zero-order chi connectivity index (χ0) is 13.0. The predicted octanol–water partition coefficient (Wildman–Crippen LogP) is 2.32. The highest BCUT2D eigenvalue weighted by molar-refractivity contribution is 5.52. The van der Waals surface area contributed by atoms with Crippen LogP contribution in [0.1, 0.15) is 30.9 Å². The van der Waals surface area contributed by atoms with Gasteiger partial charge in [-0.1, -0.05) is 18.6 Å². The molecule has 1 aromatic carbocycles. The Bertz CT molecular complexity index is 430. The Morgan fingerprint density at radius 2 is 2.06 bits per heavy atom. The van der Waals surface area contributed by atoms with Crippen LogP contribution in [0.2, 0.25) is 0 Å². The minimum Gasteiger partial charge on any atom is -0.302 e. The molecule has 5 nitrogen and oxygen atoms in total. The molecule has 1 saturated heterocycles. The van der Waals surface area contributed by atoms with Gasteiger partial charge in [0.05, 0.1) is 11.5 Å². The topological polar surface area (TPSA) is 63.5 Å². The predicted molar refractivity (Wildman–Crippen MR) is 67.3 cm³/mol. The van der Waals surface area contributed by atoms with Crippen molar-refractivity contribution in [3.8, 4) is 0 Å². The fourth-order valence-corrected chi connectivity index (χ4v) is 2.50. The summed E-state index contributed by atoms with van der Waals surface area (Å²) in [7, 11) is 0. The van der Waals surface area contributed by atoms with E-state index in [9.17, 15) is 14.9 Å². The van der Waals surface area contributed by atoms with E-state index < -0.39 is 4.92 Å². The third-order valence-electron chi connectivity index (χ3n) is 3.41. The summed E-state index contributed by atoms with van der Waals surface area (Å²) in [6, 6.07) is 6.87. The summed E-state index contributed by atoms with van der Waals surface area (Å²) in [5.74, 6) is 0. The fraction of sp³-hybridized carbons (Fsp3) is 0.462. The Balaban J connectivity index is 2.17. The van der Waals surface area contributed by atoms with Crippen molar-refractivity contribution < 1.29 is 9.72 Å². The van der Waals surface area contributed by atoms with Gasteiger partial charge in [0, 0.05) is 18.2 Å². The third kappa shape index (κ3) is 2.73. The molecule has 0 aromatic heterocycles. The maximum absolute atomic E-state index is 10.7. The molecule has 0 aliphatic carbocycles. The lowest BCUT2D eigenvalue weighted by Crippen LogP contribution is -2.34. The highest BCUT2D eigenvalue weighted by Gasteiger charge is 2.23. The summed E-state index contributed by atoms with van der Waals surface area (Å²) in [4.78, 5) is 23.0. The third-order valence-corrected chi connectivity index (χ3v) is 3.41. The van der Waals surface area contributed by atoms with E-state index in [2.05, 4.69) is 4.90 Å². The van der Waals surface area contributed by atoms with Gasteiger partial charge in [-0.2, -0.15) is 0 Å². The molecule has 1 aromatic rings. The van der Waals surface area contributed by atoms with Crippen molar-refractivity contribution in [1.82, 2.24) is 4.90 Å². The number of hydrogen-bond acceptors (Lipinski definition) is 4. The van der Waals surface area contributed by atoms with Gasteiger partial charge in [-0.15, -0.1) is 0 Å². The molecule has 2 rings (SSSR count). The van der Waals surface area contributed by atoms with Crippen LogP contribution in [-0.2, 0) is 4.79 Å². The van der Waals surface area contributed by atoms with Crippen molar-refractivity contribution in [2.24, 2.45) is 0 Å². The van der Waals surface area contributed by atoms with Crippen LogP contribution in [0.25, 0.3) is 0 Å². The number of carbonyl (C=O) groups is 1. The number of carbonyl (C=O) groups excluding carboxylic acids is 1. The molecule has 1 aliphatic rings. The number of benzene rings is 1. The number of aldehydes is 1. The molecule has 0 N–H and O–H groups in total. The largest absolute Gasteiger partial charge is 0.302 e. The minimum atomic E-state index is -0.395. The Labute approximate surface area is 106 Å². The molecule has 1 fully saturated rings. The van der Waals surface area contributed by atoms with Crippen molar-refractivity contribution in [2.75, 3.05) is 13.1 Å². The lowest BCUT2D eigenvalue weighted by molar-refractivity contribution is -0.384. The van der Waals surface area contributed by atoms with Gasteiger partial charge in [-0.05, 0) is 24.9 Å². The van der Waals surface area contributed by atoms with Gasteiger partial charge < -0.3 is 4.79 Å². The smallest absolute Gasteiger partial charge is 0.269 e. The van der Waals surface area contributed by atoms with Crippen LogP contribution in [0, 0.1) is 10.1 Å².